The van der Waals surface area contributed by atoms with Crippen molar-refractivity contribution in [3.8, 4) is 0 Å². The van der Waals surface area contributed by atoms with Crippen LogP contribution in [-0.4, -0.2) is 0 Å². The molecule has 2 nitrogen and oxygen atoms in total. The van der Waals surface area contributed by atoms with E-state index >= 15 is 0 Å². The lowest BCUT2D eigenvalue weighted by molar-refractivity contribution is 0.533. The summed E-state index contributed by atoms with van der Waals surface area (Å²) in [7, 11) is -2.94. The first-order chi connectivity index (χ1) is 10.2. The molecule has 0 aliphatic rings. The molecule has 0 bridgehead atoms. The second-order valence-corrected chi connectivity index (χ2v) is 7.57. The van der Waals surface area contributed by atoms with Crippen LogP contribution in [-0.2, 0) is 11.0 Å². The van der Waals surface area contributed by atoms with Crippen LogP contribution in [0.2, 0.25) is 0 Å². The van der Waals surface area contributed by atoms with Gasteiger partial charge in [-0.3, -0.25) is 0 Å². The molecule has 0 amide bonds. The van der Waals surface area contributed by atoms with Crippen LogP contribution >= 0.6 is 7.14 Å². The molecule has 1 aromatic heterocycles. The van der Waals surface area contributed by atoms with Crippen LogP contribution in [0.25, 0.3) is 0 Å². The van der Waals surface area contributed by atoms with Crippen LogP contribution in [0.15, 0.2) is 77.2 Å². The van der Waals surface area contributed by atoms with Gasteiger partial charge in [0, 0.05) is 17.0 Å². The van der Waals surface area contributed by atoms with E-state index in [-0.39, 0.29) is 0 Å². The third-order valence-corrected chi connectivity index (χ3v) is 6.46. The monoisotopic (exact) mass is 296 g/mol. The summed E-state index contributed by atoms with van der Waals surface area (Å²) < 4.78 is 19.7. The number of hydrogen-bond acceptors (Lipinski definition) is 2. The van der Waals surface area contributed by atoms with Crippen molar-refractivity contribution in [2.24, 2.45) is 0 Å². The van der Waals surface area contributed by atoms with Gasteiger partial charge in [0.2, 0.25) is 7.14 Å². The molecule has 0 saturated heterocycles. The molecule has 2 aromatic carbocycles. The van der Waals surface area contributed by atoms with Crippen LogP contribution in [0.3, 0.4) is 0 Å². The van der Waals surface area contributed by atoms with Crippen LogP contribution in [0.1, 0.15) is 12.7 Å². The van der Waals surface area contributed by atoms with Gasteiger partial charge in [0.25, 0.3) is 0 Å². The molecule has 3 heteroatoms. The Morgan fingerprint density at radius 3 is 1.76 bits per heavy atom. The van der Waals surface area contributed by atoms with Crippen molar-refractivity contribution in [2.45, 2.75) is 13.3 Å². The summed E-state index contributed by atoms with van der Waals surface area (Å²) in [6.45, 7) is 2.03. The highest BCUT2D eigenvalue weighted by Gasteiger charge is 2.32. The standard InChI is InChI=1S/C18H17O2P/c1-2-15-13-14-18(20-15)21(19,16-9-5-3-6-10-16)17-11-7-4-8-12-17/h3-14H,2H2,1H3. The van der Waals surface area contributed by atoms with E-state index in [1.165, 1.54) is 0 Å². The molecule has 3 aromatic rings. The lowest BCUT2D eigenvalue weighted by Gasteiger charge is -2.16. The molecular formula is C18H17O2P. The summed E-state index contributed by atoms with van der Waals surface area (Å²) in [5, 5.41) is 1.60. The molecule has 0 fully saturated rings. The summed E-state index contributed by atoms with van der Waals surface area (Å²) in [4.78, 5) is 0. The van der Waals surface area contributed by atoms with E-state index < -0.39 is 7.14 Å². The van der Waals surface area contributed by atoms with E-state index in [0.29, 0.717) is 5.50 Å². The fourth-order valence-corrected chi connectivity index (χ4v) is 4.93. The van der Waals surface area contributed by atoms with Crippen molar-refractivity contribution in [3.63, 3.8) is 0 Å². The minimum Gasteiger partial charge on any atom is -0.457 e. The van der Waals surface area contributed by atoms with Gasteiger partial charge in [0.15, 0.2) is 5.50 Å². The zero-order valence-electron chi connectivity index (χ0n) is 11.9. The molecule has 1 heterocycles. The van der Waals surface area contributed by atoms with Crippen LogP contribution in [0.5, 0.6) is 0 Å². The molecule has 0 N–H and O–H groups in total. The SMILES string of the molecule is CCc1ccc(P(=O)(c2ccccc2)c2ccccc2)o1. The Morgan fingerprint density at radius 1 is 0.810 bits per heavy atom. The summed E-state index contributed by atoms with van der Waals surface area (Å²) in [5.74, 6) is 0.858. The highest BCUT2D eigenvalue weighted by atomic mass is 31.2. The van der Waals surface area contributed by atoms with E-state index in [9.17, 15) is 4.57 Å². The Kier molecular flexibility index (Phi) is 3.81. The Balaban J connectivity index is 2.23. The third kappa shape index (κ3) is 2.48. The normalized spacial score (nSPS) is 11.5. The lowest BCUT2D eigenvalue weighted by atomic mass is 10.4. The number of rotatable bonds is 4. The summed E-state index contributed by atoms with van der Waals surface area (Å²) in [6.07, 6.45) is 0.795. The van der Waals surface area contributed by atoms with Crippen molar-refractivity contribution in [3.05, 3.63) is 78.6 Å². The van der Waals surface area contributed by atoms with E-state index in [1.807, 2.05) is 79.7 Å². The highest BCUT2D eigenvalue weighted by Crippen LogP contribution is 2.42. The lowest BCUT2D eigenvalue weighted by Crippen LogP contribution is -2.24. The first kappa shape index (κ1) is 13.9. The quantitative estimate of drug-likeness (QED) is 0.690. The smallest absolute Gasteiger partial charge is 0.204 e. The molecular weight excluding hydrogens is 279 g/mol. The van der Waals surface area contributed by atoms with Crippen molar-refractivity contribution in [1.29, 1.82) is 0 Å². The molecule has 3 rings (SSSR count). The minimum atomic E-state index is -2.94. The fraction of sp³-hybridized carbons (Fsp3) is 0.111. The summed E-state index contributed by atoms with van der Waals surface area (Å²) in [6, 6.07) is 22.9. The molecule has 0 aliphatic carbocycles. The van der Waals surface area contributed by atoms with Gasteiger partial charge in [0.1, 0.15) is 5.76 Å². The van der Waals surface area contributed by atoms with Crippen molar-refractivity contribution in [1.82, 2.24) is 0 Å². The van der Waals surface area contributed by atoms with E-state index in [0.717, 1.165) is 22.8 Å². The predicted octanol–water partition coefficient (Wildman–Crippen LogP) is 3.48. The average molecular weight is 296 g/mol. The zero-order chi connectivity index (χ0) is 14.7. The topological polar surface area (TPSA) is 30.2 Å². The van der Waals surface area contributed by atoms with Gasteiger partial charge >= 0.3 is 0 Å². The maximum atomic E-state index is 13.9. The minimum absolute atomic E-state index is 0.553. The number of benzene rings is 2. The molecule has 0 saturated carbocycles. The van der Waals surface area contributed by atoms with Gasteiger partial charge < -0.3 is 8.98 Å². The van der Waals surface area contributed by atoms with Gasteiger partial charge in [-0.2, -0.15) is 0 Å². The Hall–Kier alpha value is -2.05. The largest absolute Gasteiger partial charge is 0.457 e. The maximum absolute atomic E-state index is 13.9. The second-order valence-electron chi connectivity index (χ2n) is 4.87. The number of hydrogen-bond donors (Lipinski definition) is 0. The maximum Gasteiger partial charge on any atom is 0.204 e. The fourth-order valence-electron chi connectivity index (χ4n) is 2.41. The number of furan rings is 1. The molecule has 0 unspecified atom stereocenters. The Labute approximate surface area is 124 Å². The van der Waals surface area contributed by atoms with E-state index in [2.05, 4.69) is 0 Å². The summed E-state index contributed by atoms with van der Waals surface area (Å²) in [5.41, 5.74) is 0.553. The van der Waals surface area contributed by atoms with Gasteiger partial charge in [-0.1, -0.05) is 67.6 Å². The van der Waals surface area contributed by atoms with Crippen LogP contribution in [0, 0.1) is 0 Å². The molecule has 106 valence electrons. The van der Waals surface area contributed by atoms with Crippen molar-refractivity contribution >= 4 is 23.3 Å². The summed E-state index contributed by atoms with van der Waals surface area (Å²) >= 11 is 0. The van der Waals surface area contributed by atoms with Gasteiger partial charge in [0.05, 0.1) is 0 Å². The Bertz CT molecular complexity index is 717. The predicted molar refractivity (Wildman–Crippen MR) is 87.5 cm³/mol. The second kappa shape index (κ2) is 5.75. The Morgan fingerprint density at radius 2 is 1.33 bits per heavy atom. The molecule has 0 radical (unpaired) electrons. The highest BCUT2D eigenvalue weighted by molar-refractivity contribution is 7.85. The molecule has 21 heavy (non-hydrogen) atoms. The van der Waals surface area contributed by atoms with Crippen LogP contribution < -0.4 is 16.1 Å². The first-order valence-corrected chi connectivity index (χ1v) is 8.76. The third-order valence-electron chi connectivity index (χ3n) is 3.55. The van der Waals surface area contributed by atoms with Crippen LogP contribution in [0.4, 0.5) is 0 Å². The van der Waals surface area contributed by atoms with E-state index in [4.69, 9.17) is 4.42 Å². The zero-order valence-corrected chi connectivity index (χ0v) is 12.8. The average Bonchev–Trinajstić information content (AvgIpc) is 3.05. The molecule has 0 aliphatic heterocycles. The first-order valence-electron chi connectivity index (χ1n) is 7.05. The van der Waals surface area contributed by atoms with Crippen molar-refractivity contribution in [2.75, 3.05) is 0 Å². The van der Waals surface area contributed by atoms with Crippen molar-refractivity contribution < 1.29 is 8.98 Å². The van der Waals surface area contributed by atoms with Gasteiger partial charge in [-0.05, 0) is 12.1 Å². The van der Waals surface area contributed by atoms with Gasteiger partial charge in [-0.15, -0.1) is 0 Å². The van der Waals surface area contributed by atoms with E-state index in [1.54, 1.807) is 0 Å². The number of aryl methyl sites for hydroxylation is 1. The molecule has 0 spiro atoms. The molecule has 0 atom stereocenters. The van der Waals surface area contributed by atoms with Gasteiger partial charge in [-0.25, -0.2) is 0 Å².